The van der Waals surface area contributed by atoms with E-state index in [1.54, 1.807) is 0 Å². The first-order valence-corrected chi connectivity index (χ1v) is 11.5. The van der Waals surface area contributed by atoms with Gasteiger partial charge < -0.3 is 9.13 Å². The van der Waals surface area contributed by atoms with Crippen LogP contribution in [0, 0.1) is 20.8 Å². The minimum absolute atomic E-state index is 0.895. The molecule has 5 heterocycles. The summed E-state index contributed by atoms with van der Waals surface area (Å²) in [5.41, 5.74) is 14.0. The van der Waals surface area contributed by atoms with Crippen molar-refractivity contribution in [2.45, 2.75) is 54.6 Å². The van der Waals surface area contributed by atoms with Crippen molar-refractivity contribution in [1.29, 1.82) is 0 Å². The second-order valence-corrected chi connectivity index (χ2v) is 8.72. The van der Waals surface area contributed by atoms with E-state index in [2.05, 4.69) is 99.2 Å². The highest BCUT2D eigenvalue weighted by Crippen LogP contribution is 2.31. The van der Waals surface area contributed by atoms with Crippen LogP contribution in [0.1, 0.15) is 60.2 Å². The van der Waals surface area contributed by atoms with Gasteiger partial charge in [0.05, 0.1) is 22.8 Å². The van der Waals surface area contributed by atoms with Crippen molar-refractivity contribution >= 4 is 45.9 Å². The van der Waals surface area contributed by atoms with Gasteiger partial charge >= 0.3 is 0 Å². The molecule has 0 radical (unpaired) electrons. The molecular formula is C28H30N4. The van der Waals surface area contributed by atoms with Gasteiger partial charge in [0, 0.05) is 35.2 Å². The lowest BCUT2D eigenvalue weighted by atomic mass is 10.1. The lowest BCUT2D eigenvalue weighted by molar-refractivity contribution is 0.820. The van der Waals surface area contributed by atoms with Crippen LogP contribution in [0.4, 0.5) is 0 Å². The van der Waals surface area contributed by atoms with E-state index in [1.807, 2.05) is 0 Å². The van der Waals surface area contributed by atoms with Crippen molar-refractivity contribution in [3.63, 3.8) is 0 Å². The summed E-state index contributed by atoms with van der Waals surface area (Å²) in [4.78, 5) is 9.97. The molecule has 0 atom stereocenters. The van der Waals surface area contributed by atoms with E-state index < -0.39 is 0 Å². The van der Waals surface area contributed by atoms with Crippen LogP contribution in [0.2, 0.25) is 0 Å². The van der Waals surface area contributed by atoms with E-state index in [9.17, 15) is 0 Å². The maximum atomic E-state index is 5.07. The summed E-state index contributed by atoms with van der Waals surface area (Å²) < 4.78 is 4.72. The molecule has 0 saturated carbocycles. The van der Waals surface area contributed by atoms with Crippen LogP contribution in [-0.4, -0.2) is 19.1 Å². The Morgan fingerprint density at radius 3 is 1.97 bits per heavy atom. The number of fused-ring (bicyclic) bond motifs is 8. The molecule has 0 amide bonds. The van der Waals surface area contributed by atoms with E-state index in [1.165, 1.54) is 33.3 Å². The fourth-order valence-electron chi connectivity index (χ4n) is 5.11. The first-order chi connectivity index (χ1) is 15.4. The van der Waals surface area contributed by atoms with Crippen molar-refractivity contribution < 1.29 is 0 Å². The first kappa shape index (κ1) is 20.5. The number of aryl methyl sites for hydroxylation is 5. The van der Waals surface area contributed by atoms with Crippen molar-refractivity contribution in [3.8, 4) is 0 Å². The summed E-state index contributed by atoms with van der Waals surface area (Å²) >= 11 is 0. The zero-order valence-corrected chi connectivity index (χ0v) is 19.8. The van der Waals surface area contributed by atoms with Crippen LogP contribution in [0.5, 0.6) is 0 Å². The van der Waals surface area contributed by atoms with Crippen LogP contribution < -0.4 is 0 Å². The Morgan fingerprint density at radius 1 is 0.688 bits per heavy atom. The van der Waals surface area contributed by atoms with Gasteiger partial charge in [-0.15, -0.1) is 0 Å². The molecule has 2 aliphatic rings. The molecule has 8 bridgehead atoms. The Bertz CT molecular complexity index is 1480. The Labute approximate surface area is 189 Å². The first-order valence-electron chi connectivity index (χ1n) is 11.5. The van der Waals surface area contributed by atoms with Gasteiger partial charge in [-0.3, -0.25) is 0 Å². The summed E-state index contributed by atoms with van der Waals surface area (Å²) in [6.45, 7) is 15.0. The van der Waals surface area contributed by atoms with Crippen molar-refractivity contribution in [2.24, 2.45) is 0 Å². The van der Waals surface area contributed by atoms with Crippen LogP contribution in [0.3, 0.4) is 0 Å². The van der Waals surface area contributed by atoms with Gasteiger partial charge in [-0.25, -0.2) is 9.97 Å². The predicted molar refractivity (Wildman–Crippen MR) is 136 cm³/mol. The average Bonchev–Trinajstić information content (AvgIpc) is 3.51. The van der Waals surface area contributed by atoms with Crippen LogP contribution in [0.15, 0.2) is 30.3 Å². The average molecular weight is 423 g/mol. The zero-order valence-electron chi connectivity index (χ0n) is 19.8. The third-order valence-corrected chi connectivity index (χ3v) is 6.79. The van der Waals surface area contributed by atoms with Crippen LogP contribution >= 0.6 is 0 Å². The van der Waals surface area contributed by atoms with Gasteiger partial charge in [-0.2, -0.15) is 0 Å². The van der Waals surface area contributed by atoms with Crippen LogP contribution in [-0.2, 0) is 13.1 Å². The smallest absolute Gasteiger partial charge is 0.0716 e. The van der Waals surface area contributed by atoms with Gasteiger partial charge in [-0.05, 0) is 112 Å². The summed E-state index contributed by atoms with van der Waals surface area (Å²) in [6.07, 6.45) is 6.42. The fourth-order valence-corrected chi connectivity index (χ4v) is 5.11. The number of nitrogens with zero attached hydrogens (tertiary/aromatic N) is 4. The molecule has 2 aliphatic heterocycles. The highest BCUT2D eigenvalue weighted by atomic mass is 15.0. The second kappa shape index (κ2) is 7.63. The standard InChI is InChI=1S/C28H30N4/c1-7-31-24-11-12-25(31)15-23-13-17(3)27(30-23)20(6)28-19(5)18(4)26(32(28)8-2)16-22-10-9-21(14-24)29-22/h9-16H,7-8H2,1-6H3. The number of hydrogen-bond donors (Lipinski definition) is 0. The van der Waals surface area contributed by atoms with E-state index in [0.717, 1.165) is 46.9 Å². The minimum atomic E-state index is 0.895. The predicted octanol–water partition coefficient (Wildman–Crippen LogP) is 6.96. The summed E-state index contributed by atoms with van der Waals surface area (Å²) in [6, 6.07) is 10.9. The van der Waals surface area contributed by atoms with Crippen molar-refractivity contribution in [2.75, 3.05) is 0 Å². The summed E-state index contributed by atoms with van der Waals surface area (Å²) in [5.74, 6) is 0. The molecule has 4 nitrogen and oxygen atoms in total. The number of allylic oxidation sites excluding steroid dienone is 1. The third-order valence-electron chi connectivity index (χ3n) is 6.79. The van der Waals surface area contributed by atoms with E-state index in [0.29, 0.717) is 0 Å². The molecule has 5 rings (SSSR count). The molecule has 3 aromatic rings. The fraction of sp³-hybridized carbons (Fsp3) is 0.286. The molecule has 162 valence electrons. The molecule has 0 fully saturated rings. The third kappa shape index (κ3) is 3.13. The molecule has 0 aromatic carbocycles. The molecule has 0 spiro atoms. The van der Waals surface area contributed by atoms with Gasteiger partial charge in [0.15, 0.2) is 0 Å². The highest BCUT2D eigenvalue weighted by Gasteiger charge is 2.16. The Morgan fingerprint density at radius 2 is 1.31 bits per heavy atom. The molecular weight excluding hydrogens is 392 g/mol. The molecule has 0 saturated heterocycles. The minimum Gasteiger partial charge on any atom is -0.342 e. The topological polar surface area (TPSA) is 35.6 Å². The van der Waals surface area contributed by atoms with E-state index in [-0.39, 0.29) is 0 Å². The van der Waals surface area contributed by atoms with Gasteiger partial charge in [0.25, 0.3) is 0 Å². The molecule has 0 N–H and O–H groups in total. The monoisotopic (exact) mass is 422 g/mol. The molecule has 0 unspecified atom stereocenters. The van der Waals surface area contributed by atoms with E-state index in [4.69, 9.17) is 9.97 Å². The Balaban J connectivity index is 2.01. The van der Waals surface area contributed by atoms with Gasteiger partial charge in [0.2, 0.25) is 0 Å². The van der Waals surface area contributed by atoms with Crippen LogP contribution in [0.25, 0.3) is 45.9 Å². The Hall–Kier alpha value is -3.40. The maximum Gasteiger partial charge on any atom is 0.0716 e. The van der Waals surface area contributed by atoms with Gasteiger partial charge in [0.1, 0.15) is 0 Å². The molecule has 4 heteroatoms. The summed E-state index contributed by atoms with van der Waals surface area (Å²) in [7, 11) is 0. The number of rotatable bonds is 2. The number of aromatic nitrogens is 4. The largest absolute Gasteiger partial charge is 0.342 e. The molecule has 32 heavy (non-hydrogen) atoms. The summed E-state index contributed by atoms with van der Waals surface area (Å²) in [5, 5.41) is 0. The SMILES string of the molecule is CCn1c2ccc1cc1nc(c(C)c3c(C)c(C)c(cc4nc(c2)C=C4)n3CC)C(C)=C1. The second-order valence-electron chi connectivity index (χ2n) is 8.72. The number of hydrogen-bond acceptors (Lipinski definition) is 2. The normalized spacial score (nSPS) is 13.0. The van der Waals surface area contributed by atoms with E-state index >= 15 is 0 Å². The molecule has 3 aromatic heterocycles. The zero-order chi connectivity index (χ0) is 22.6. The van der Waals surface area contributed by atoms with Crippen molar-refractivity contribution in [3.05, 3.63) is 69.8 Å². The lowest BCUT2D eigenvalue weighted by Crippen LogP contribution is -1.97. The van der Waals surface area contributed by atoms with Crippen molar-refractivity contribution in [1.82, 2.24) is 19.1 Å². The quantitative estimate of drug-likeness (QED) is 0.350. The lowest BCUT2D eigenvalue weighted by Gasteiger charge is -2.07. The highest BCUT2D eigenvalue weighted by molar-refractivity contribution is 5.87. The Kier molecular flexibility index (Phi) is 4.89. The molecule has 0 aliphatic carbocycles. The maximum absolute atomic E-state index is 5.07. The van der Waals surface area contributed by atoms with Gasteiger partial charge in [-0.1, -0.05) is 0 Å².